The molecule has 0 bridgehead atoms. The molecule has 112 valence electrons. The van der Waals surface area contributed by atoms with Crippen molar-refractivity contribution < 1.29 is 4.79 Å². The van der Waals surface area contributed by atoms with Crippen LogP contribution in [0.1, 0.15) is 22.6 Å². The summed E-state index contributed by atoms with van der Waals surface area (Å²) >= 11 is 7.53. The molecule has 1 saturated heterocycles. The Morgan fingerprint density at radius 1 is 1.38 bits per heavy atom. The van der Waals surface area contributed by atoms with Crippen molar-refractivity contribution in [3.8, 4) is 0 Å². The van der Waals surface area contributed by atoms with Crippen LogP contribution in [0.3, 0.4) is 0 Å². The van der Waals surface area contributed by atoms with Gasteiger partial charge in [0.25, 0.3) is 5.91 Å². The third kappa shape index (κ3) is 3.22. The maximum Gasteiger partial charge on any atom is 0.270 e. The topological polar surface area (TPSA) is 52.2 Å². The van der Waals surface area contributed by atoms with Crippen LogP contribution in [0.5, 0.6) is 0 Å². The monoisotopic (exact) mass is 324 g/mol. The van der Waals surface area contributed by atoms with Gasteiger partial charge >= 0.3 is 0 Å². The number of nitrogens with one attached hydrogen (secondary N) is 1. The van der Waals surface area contributed by atoms with Crippen molar-refractivity contribution in [1.82, 2.24) is 14.9 Å². The molecule has 5 nitrogen and oxygen atoms in total. The molecular weight excluding hydrogens is 308 g/mol. The Labute approximate surface area is 132 Å². The summed E-state index contributed by atoms with van der Waals surface area (Å²) in [6.45, 7) is 5.21. The predicted molar refractivity (Wildman–Crippen MR) is 85.4 cm³/mol. The molecule has 2 aromatic rings. The molecule has 0 radical (unpaired) electrons. The van der Waals surface area contributed by atoms with Crippen molar-refractivity contribution in [1.29, 1.82) is 0 Å². The Bertz CT molecular complexity index is 638. The van der Waals surface area contributed by atoms with Crippen LogP contribution in [0, 0.1) is 6.92 Å². The molecule has 21 heavy (non-hydrogen) atoms. The molecule has 3 heterocycles. The summed E-state index contributed by atoms with van der Waals surface area (Å²) in [6, 6.07) is 1.68. The minimum atomic E-state index is 0.0130. The number of hydrogen-bond donors (Lipinski definition) is 1. The minimum Gasteiger partial charge on any atom is -0.356 e. The van der Waals surface area contributed by atoms with E-state index in [4.69, 9.17) is 11.6 Å². The predicted octanol–water partition coefficient (Wildman–Crippen LogP) is 2.79. The molecule has 1 aliphatic heterocycles. The zero-order valence-corrected chi connectivity index (χ0v) is 13.4. The van der Waals surface area contributed by atoms with Crippen molar-refractivity contribution in [3.05, 3.63) is 34.1 Å². The second kappa shape index (κ2) is 6.07. The van der Waals surface area contributed by atoms with Gasteiger partial charge in [-0.05, 0) is 19.4 Å². The molecule has 1 fully saturated rings. The zero-order chi connectivity index (χ0) is 14.8. The van der Waals surface area contributed by atoms with Crippen LogP contribution in [0.25, 0.3) is 0 Å². The number of rotatable bonds is 2. The molecule has 0 aliphatic carbocycles. The molecule has 2 aromatic heterocycles. The fourth-order valence-corrected chi connectivity index (χ4v) is 3.48. The van der Waals surface area contributed by atoms with E-state index in [1.54, 1.807) is 23.6 Å². The highest BCUT2D eigenvalue weighted by Gasteiger charge is 2.22. The van der Waals surface area contributed by atoms with E-state index in [9.17, 15) is 4.79 Å². The van der Waals surface area contributed by atoms with E-state index in [1.165, 1.54) is 0 Å². The number of anilines is 1. The second-order valence-electron chi connectivity index (χ2n) is 5.14. The van der Waals surface area contributed by atoms with Gasteiger partial charge in [-0.3, -0.25) is 4.79 Å². The molecule has 0 saturated carbocycles. The first kappa shape index (κ1) is 14.4. The highest BCUT2D eigenvalue weighted by Crippen LogP contribution is 2.22. The molecular formula is C14H17ClN4OS. The van der Waals surface area contributed by atoms with Crippen LogP contribution >= 0.6 is 22.9 Å². The first-order valence-corrected chi connectivity index (χ1v) is 8.19. The maximum atomic E-state index is 12.4. The van der Waals surface area contributed by atoms with Gasteiger partial charge in [0.2, 0.25) is 0 Å². The van der Waals surface area contributed by atoms with E-state index in [0.29, 0.717) is 17.3 Å². The average molecular weight is 325 g/mol. The lowest BCUT2D eigenvalue weighted by Crippen LogP contribution is -2.35. The van der Waals surface area contributed by atoms with E-state index in [0.717, 1.165) is 36.9 Å². The quantitative estimate of drug-likeness (QED) is 0.924. The van der Waals surface area contributed by atoms with Crippen LogP contribution in [0.15, 0.2) is 17.6 Å². The number of halogens is 1. The van der Waals surface area contributed by atoms with E-state index >= 15 is 0 Å². The third-order valence-electron chi connectivity index (χ3n) is 3.54. The summed E-state index contributed by atoms with van der Waals surface area (Å²) in [5.74, 6) is 0.0130. The number of aromatic amines is 1. The third-order valence-corrected chi connectivity index (χ3v) is 4.78. The lowest BCUT2D eigenvalue weighted by molar-refractivity contribution is 0.0762. The molecule has 1 amide bonds. The SMILES string of the molecule is Cc1csc(N2CCCN(C(=O)c3cc(Cl)c[nH]3)CC2)n1. The van der Waals surface area contributed by atoms with Gasteiger partial charge in [-0.15, -0.1) is 11.3 Å². The van der Waals surface area contributed by atoms with E-state index in [1.807, 2.05) is 11.8 Å². The fourth-order valence-electron chi connectivity index (χ4n) is 2.46. The van der Waals surface area contributed by atoms with Gasteiger partial charge in [-0.1, -0.05) is 11.6 Å². The largest absolute Gasteiger partial charge is 0.356 e. The van der Waals surface area contributed by atoms with Crippen molar-refractivity contribution >= 4 is 34.0 Å². The minimum absolute atomic E-state index is 0.0130. The number of thiazole rings is 1. The Morgan fingerprint density at radius 3 is 2.90 bits per heavy atom. The summed E-state index contributed by atoms with van der Waals surface area (Å²) in [5, 5.41) is 3.67. The molecule has 7 heteroatoms. The van der Waals surface area contributed by atoms with Crippen LogP contribution in [0.2, 0.25) is 5.02 Å². The smallest absolute Gasteiger partial charge is 0.270 e. The molecule has 1 aliphatic rings. The number of aromatic nitrogens is 2. The summed E-state index contributed by atoms with van der Waals surface area (Å²) in [4.78, 5) is 24.0. The molecule has 0 spiro atoms. The van der Waals surface area contributed by atoms with Gasteiger partial charge in [0.05, 0.1) is 10.7 Å². The second-order valence-corrected chi connectivity index (χ2v) is 6.41. The Kier molecular flexibility index (Phi) is 4.17. The Balaban J connectivity index is 1.67. The molecule has 3 rings (SSSR count). The molecule has 0 atom stereocenters. The van der Waals surface area contributed by atoms with Gasteiger partial charge in [0.1, 0.15) is 5.69 Å². The number of aryl methyl sites for hydroxylation is 1. The maximum absolute atomic E-state index is 12.4. The summed E-state index contributed by atoms with van der Waals surface area (Å²) in [7, 11) is 0. The highest BCUT2D eigenvalue weighted by atomic mass is 35.5. The van der Waals surface area contributed by atoms with Crippen molar-refractivity contribution in [2.75, 3.05) is 31.1 Å². The normalized spacial score (nSPS) is 16.1. The zero-order valence-electron chi connectivity index (χ0n) is 11.8. The molecule has 0 aromatic carbocycles. The first-order valence-electron chi connectivity index (χ1n) is 6.94. The molecule has 0 unspecified atom stereocenters. The fraction of sp³-hybridized carbons (Fsp3) is 0.429. The number of carbonyl (C=O) groups excluding carboxylic acids is 1. The summed E-state index contributed by atoms with van der Waals surface area (Å²) < 4.78 is 0. The lowest BCUT2D eigenvalue weighted by atomic mass is 10.3. The van der Waals surface area contributed by atoms with Gasteiger partial charge in [0, 0.05) is 37.8 Å². The first-order chi connectivity index (χ1) is 10.1. The number of hydrogen-bond acceptors (Lipinski definition) is 4. The van der Waals surface area contributed by atoms with E-state index in [-0.39, 0.29) is 5.91 Å². The Morgan fingerprint density at radius 2 is 2.24 bits per heavy atom. The average Bonchev–Trinajstić information content (AvgIpc) is 3.00. The number of H-pyrrole nitrogens is 1. The van der Waals surface area contributed by atoms with E-state index in [2.05, 4.69) is 20.2 Å². The van der Waals surface area contributed by atoms with Crippen LogP contribution in [-0.2, 0) is 0 Å². The van der Waals surface area contributed by atoms with Gasteiger partial charge in [-0.2, -0.15) is 0 Å². The van der Waals surface area contributed by atoms with Crippen LogP contribution in [-0.4, -0.2) is 47.0 Å². The van der Waals surface area contributed by atoms with Crippen molar-refractivity contribution in [2.45, 2.75) is 13.3 Å². The Hall–Kier alpha value is -1.53. The number of carbonyl (C=O) groups is 1. The summed E-state index contributed by atoms with van der Waals surface area (Å²) in [5.41, 5.74) is 1.60. The molecule has 1 N–H and O–H groups in total. The lowest BCUT2D eigenvalue weighted by Gasteiger charge is -2.21. The van der Waals surface area contributed by atoms with Gasteiger partial charge in [-0.25, -0.2) is 4.98 Å². The van der Waals surface area contributed by atoms with Crippen molar-refractivity contribution in [3.63, 3.8) is 0 Å². The van der Waals surface area contributed by atoms with Gasteiger partial charge in [0.15, 0.2) is 5.13 Å². The summed E-state index contributed by atoms with van der Waals surface area (Å²) in [6.07, 6.45) is 2.58. The van der Waals surface area contributed by atoms with Crippen molar-refractivity contribution in [2.24, 2.45) is 0 Å². The number of nitrogens with zero attached hydrogens (tertiary/aromatic N) is 3. The number of amides is 1. The standard InChI is InChI=1S/C14H17ClN4OS/c1-10-9-21-14(17-10)19-4-2-3-18(5-6-19)13(20)12-7-11(15)8-16-12/h7-9,16H,2-6H2,1H3. The van der Waals surface area contributed by atoms with Gasteiger partial charge < -0.3 is 14.8 Å². The highest BCUT2D eigenvalue weighted by molar-refractivity contribution is 7.13. The van der Waals surface area contributed by atoms with Crippen LogP contribution in [0.4, 0.5) is 5.13 Å². The van der Waals surface area contributed by atoms with E-state index < -0.39 is 0 Å². The van der Waals surface area contributed by atoms with Crippen LogP contribution < -0.4 is 4.90 Å².